The van der Waals surface area contributed by atoms with Crippen LogP contribution in [0.4, 0.5) is 0 Å². The maximum Gasteiger partial charge on any atom is 0.0986 e. The zero-order valence-electron chi connectivity index (χ0n) is 4.79. The summed E-state index contributed by atoms with van der Waals surface area (Å²) in [4.78, 5) is 9.53. The van der Waals surface area contributed by atoms with Gasteiger partial charge in [0.1, 0.15) is 0 Å². The number of nitrogens with one attached hydrogen (secondary N) is 1. The maximum atomic E-state index is 9.53. The lowest BCUT2D eigenvalue weighted by Crippen LogP contribution is -2.31. The minimum Gasteiger partial charge on any atom is -0.395 e. The quantitative estimate of drug-likeness (QED) is 0.481. The van der Waals surface area contributed by atoms with Crippen LogP contribution >= 0.6 is 0 Å². The first-order valence-corrected chi connectivity index (χ1v) is 2.42. The highest BCUT2D eigenvalue weighted by Gasteiger charge is 2.00. The summed E-state index contributed by atoms with van der Waals surface area (Å²) in [7, 11) is 1.67. The number of nitroso groups, excluding NO2 is 1. The SMILES string of the molecule is CNC(CO)CN=O. The first kappa shape index (κ1) is 7.52. The van der Waals surface area contributed by atoms with Gasteiger partial charge in [0, 0.05) is 0 Å². The smallest absolute Gasteiger partial charge is 0.0986 e. The molecule has 1 atom stereocenters. The summed E-state index contributed by atoms with van der Waals surface area (Å²) in [6.45, 7) is 0.0925. The largest absolute Gasteiger partial charge is 0.395 e. The van der Waals surface area contributed by atoms with Crippen LogP contribution in [-0.4, -0.2) is 31.3 Å². The van der Waals surface area contributed by atoms with Crippen LogP contribution in [0, 0.1) is 4.91 Å². The van der Waals surface area contributed by atoms with Crippen molar-refractivity contribution in [2.24, 2.45) is 5.18 Å². The molecule has 0 radical (unpaired) electrons. The average molecular weight is 118 g/mol. The highest BCUT2D eigenvalue weighted by atomic mass is 16.3. The lowest BCUT2D eigenvalue weighted by atomic mass is 10.3. The molecule has 0 amide bonds. The van der Waals surface area contributed by atoms with Gasteiger partial charge in [0.25, 0.3) is 0 Å². The van der Waals surface area contributed by atoms with E-state index >= 15 is 0 Å². The highest BCUT2D eigenvalue weighted by Crippen LogP contribution is 1.79. The molecular weight excluding hydrogens is 108 g/mol. The summed E-state index contributed by atoms with van der Waals surface area (Å²) in [5.41, 5.74) is 0. The number of nitrogens with zero attached hydrogens (tertiary/aromatic N) is 1. The molecule has 0 spiro atoms. The Morgan fingerprint density at radius 2 is 2.50 bits per heavy atom. The number of aliphatic hydroxyl groups is 1. The van der Waals surface area contributed by atoms with Crippen molar-refractivity contribution in [3.63, 3.8) is 0 Å². The fourth-order valence-corrected chi connectivity index (χ4v) is 0.330. The van der Waals surface area contributed by atoms with E-state index in [1.54, 1.807) is 7.05 Å². The molecule has 0 fully saturated rings. The van der Waals surface area contributed by atoms with Gasteiger partial charge in [0.15, 0.2) is 0 Å². The third-order valence-electron chi connectivity index (χ3n) is 0.924. The first-order chi connectivity index (χ1) is 3.85. The molecular formula is C4H10N2O2. The van der Waals surface area contributed by atoms with E-state index in [0.29, 0.717) is 0 Å². The van der Waals surface area contributed by atoms with Gasteiger partial charge in [0.05, 0.1) is 19.2 Å². The fraction of sp³-hybridized carbons (Fsp3) is 1.00. The number of hydrogen-bond donors (Lipinski definition) is 2. The monoisotopic (exact) mass is 118 g/mol. The van der Waals surface area contributed by atoms with Crippen molar-refractivity contribution in [2.45, 2.75) is 6.04 Å². The van der Waals surface area contributed by atoms with E-state index in [0.717, 1.165) is 0 Å². The number of rotatable bonds is 4. The van der Waals surface area contributed by atoms with E-state index in [1.807, 2.05) is 0 Å². The molecule has 0 aliphatic carbocycles. The maximum absolute atomic E-state index is 9.53. The van der Waals surface area contributed by atoms with Gasteiger partial charge in [0.2, 0.25) is 0 Å². The Balaban J connectivity index is 3.20. The van der Waals surface area contributed by atoms with Gasteiger partial charge in [-0.25, -0.2) is 0 Å². The zero-order chi connectivity index (χ0) is 6.41. The molecule has 8 heavy (non-hydrogen) atoms. The molecule has 48 valence electrons. The summed E-state index contributed by atoms with van der Waals surface area (Å²) < 4.78 is 0. The molecule has 4 nitrogen and oxygen atoms in total. The Labute approximate surface area is 47.9 Å². The summed E-state index contributed by atoms with van der Waals surface area (Å²) in [5, 5.41) is 13.7. The van der Waals surface area contributed by atoms with E-state index in [9.17, 15) is 4.91 Å². The van der Waals surface area contributed by atoms with Crippen molar-refractivity contribution < 1.29 is 5.11 Å². The van der Waals surface area contributed by atoms with Crippen LogP contribution < -0.4 is 5.32 Å². The molecule has 0 bridgehead atoms. The van der Waals surface area contributed by atoms with Gasteiger partial charge in [-0.3, -0.25) is 0 Å². The second kappa shape index (κ2) is 4.67. The lowest BCUT2D eigenvalue weighted by molar-refractivity contribution is 0.252. The van der Waals surface area contributed by atoms with E-state index < -0.39 is 0 Å². The van der Waals surface area contributed by atoms with E-state index in [-0.39, 0.29) is 19.2 Å². The Morgan fingerprint density at radius 1 is 1.88 bits per heavy atom. The number of aliphatic hydroxyl groups excluding tert-OH is 1. The molecule has 0 saturated carbocycles. The molecule has 0 aliphatic rings. The van der Waals surface area contributed by atoms with Crippen molar-refractivity contribution in [1.29, 1.82) is 0 Å². The Morgan fingerprint density at radius 3 is 2.62 bits per heavy atom. The Bertz CT molecular complexity index is 63.1. The van der Waals surface area contributed by atoms with Gasteiger partial charge < -0.3 is 10.4 Å². The number of hydrogen-bond acceptors (Lipinski definition) is 4. The summed E-state index contributed by atoms with van der Waals surface area (Å²) in [6.07, 6.45) is 0. The van der Waals surface area contributed by atoms with Crippen LogP contribution in [0.2, 0.25) is 0 Å². The van der Waals surface area contributed by atoms with E-state index in [1.165, 1.54) is 0 Å². The normalized spacial score (nSPS) is 13.2. The average Bonchev–Trinajstić information content (AvgIpc) is 1.83. The van der Waals surface area contributed by atoms with Crippen LogP contribution in [0.3, 0.4) is 0 Å². The van der Waals surface area contributed by atoms with Crippen LogP contribution in [0.15, 0.2) is 5.18 Å². The Kier molecular flexibility index (Phi) is 4.39. The van der Waals surface area contributed by atoms with Gasteiger partial charge in [-0.05, 0) is 7.05 Å². The predicted octanol–water partition coefficient (Wildman–Crippen LogP) is -0.667. The Hall–Kier alpha value is -0.480. The summed E-state index contributed by atoms with van der Waals surface area (Å²) in [5.74, 6) is 0. The fourth-order valence-electron chi connectivity index (χ4n) is 0.330. The molecule has 1 unspecified atom stereocenters. The molecule has 0 aromatic heterocycles. The molecule has 2 N–H and O–H groups in total. The second-order valence-electron chi connectivity index (χ2n) is 1.48. The van der Waals surface area contributed by atoms with Crippen molar-refractivity contribution in [2.75, 3.05) is 20.2 Å². The zero-order valence-corrected chi connectivity index (χ0v) is 4.79. The first-order valence-electron chi connectivity index (χ1n) is 2.42. The van der Waals surface area contributed by atoms with Crippen molar-refractivity contribution in [3.05, 3.63) is 4.91 Å². The third-order valence-corrected chi connectivity index (χ3v) is 0.924. The summed E-state index contributed by atoms with van der Waals surface area (Å²) in [6, 6.07) is -0.174. The van der Waals surface area contributed by atoms with Crippen LogP contribution in [0.1, 0.15) is 0 Å². The third kappa shape index (κ3) is 2.65. The number of likely N-dealkylation sites (N-methyl/N-ethyl adjacent to an activating group) is 1. The molecule has 0 aromatic carbocycles. The van der Waals surface area contributed by atoms with Crippen molar-refractivity contribution in [3.8, 4) is 0 Å². The van der Waals surface area contributed by atoms with E-state index in [4.69, 9.17) is 5.11 Å². The molecule has 0 aliphatic heterocycles. The summed E-state index contributed by atoms with van der Waals surface area (Å²) >= 11 is 0. The molecule has 0 heterocycles. The lowest BCUT2D eigenvalue weighted by Gasteiger charge is -2.05. The van der Waals surface area contributed by atoms with Crippen LogP contribution in [0.5, 0.6) is 0 Å². The predicted molar refractivity (Wildman–Crippen MR) is 30.6 cm³/mol. The molecule has 0 saturated heterocycles. The van der Waals surface area contributed by atoms with Gasteiger partial charge in [-0.1, -0.05) is 5.18 Å². The van der Waals surface area contributed by atoms with E-state index in [2.05, 4.69) is 10.5 Å². The highest BCUT2D eigenvalue weighted by molar-refractivity contribution is 4.63. The van der Waals surface area contributed by atoms with Crippen molar-refractivity contribution in [1.82, 2.24) is 5.32 Å². The minimum atomic E-state index is -0.174. The van der Waals surface area contributed by atoms with Gasteiger partial charge >= 0.3 is 0 Å². The topological polar surface area (TPSA) is 61.7 Å². The second-order valence-corrected chi connectivity index (χ2v) is 1.48. The molecule has 0 aromatic rings. The van der Waals surface area contributed by atoms with Crippen molar-refractivity contribution >= 4 is 0 Å². The molecule has 4 heteroatoms. The molecule has 0 rings (SSSR count). The van der Waals surface area contributed by atoms with Crippen LogP contribution in [0.25, 0.3) is 0 Å². The van der Waals surface area contributed by atoms with Gasteiger partial charge in [-0.2, -0.15) is 4.91 Å². The van der Waals surface area contributed by atoms with Gasteiger partial charge in [-0.15, -0.1) is 0 Å². The minimum absolute atomic E-state index is 0.0394. The standard InChI is InChI=1S/C4H10N2O2/c1-5-4(3-7)2-6-8/h4-5,7H,2-3H2,1H3. The van der Waals surface area contributed by atoms with Crippen LogP contribution in [-0.2, 0) is 0 Å².